The van der Waals surface area contributed by atoms with Crippen LogP contribution in [0.3, 0.4) is 0 Å². The summed E-state index contributed by atoms with van der Waals surface area (Å²) in [5.74, 6) is -3.56. The normalized spacial score (nSPS) is 10.4. The topological polar surface area (TPSA) is 101 Å². The number of carboxylic acid groups (broad SMARTS) is 2. The minimum absolute atomic E-state index is 0.00370. The van der Waals surface area contributed by atoms with Crippen LogP contribution < -0.4 is 0 Å². The first-order chi connectivity index (χ1) is 8.90. The van der Waals surface area contributed by atoms with Gasteiger partial charge in [0.1, 0.15) is 0 Å². The Morgan fingerprint density at radius 3 is 2.37 bits per heavy atom. The summed E-state index contributed by atoms with van der Waals surface area (Å²) in [4.78, 5) is 25.6. The molecule has 6 heteroatoms. The predicted octanol–water partition coefficient (Wildman–Crippen LogP) is 2.35. The molecule has 0 saturated carbocycles. The van der Waals surface area contributed by atoms with Crippen LogP contribution in [0.4, 0.5) is 0 Å². The Bertz CT molecular complexity index is 640. The van der Waals surface area contributed by atoms with Crippen LogP contribution in [-0.4, -0.2) is 27.1 Å². The minimum atomic E-state index is -1.46. The summed E-state index contributed by atoms with van der Waals surface area (Å²) in [6.07, 6.45) is 0. The number of hydrogen-bond donors (Lipinski definition) is 2. The second-order valence-electron chi connectivity index (χ2n) is 4.13. The van der Waals surface area contributed by atoms with E-state index >= 15 is 0 Å². The van der Waals surface area contributed by atoms with Gasteiger partial charge in [-0.3, -0.25) is 0 Å². The molecule has 2 aromatic rings. The van der Waals surface area contributed by atoms with E-state index in [4.69, 9.17) is 14.6 Å². The lowest BCUT2D eigenvalue weighted by atomic mass is 10.1. The third-order valence-electron chi connectivity index (χ3n) is 2.65. The summed E-state index contributed by atoms with van der Waals surface area (Å²) < 4.78 is 5.07. The second-order valence-corrected chi connectivity index (χ2v) is 4.13. The van der Waals surface area contributed by atoms with Crippen LogP contribution in [0.1, 0.15) is 32.2 Å². The Kier molecular flexibility index (Phi) is 3.08. The van der Waals surface area contributed by atoms with Gasteiger partial charge < -0.3 is 14.6 Å². The molecule has 0 fully saturated rings. The highest BCUT2D eigenvalue weighted by Crippen LogP contribution is 2.26. The van der Waals surface area contributed by atoms with Crippen molar-refractivity contribution in [3.05, 3.63) is 40.8 Å². The van der Waals surface area contributed by atoms with E-state index in [0.717, 1.165) is 11.1 Å². The number of carbonyl (C=O) groups is 2. The molecule has 1 heterocycles. The van der Waals surface area contributed by atoms with Crippen molar-refractivity contribution in [2.24, 2.45) is 0 Å². The molecule has 2 rings (SSSR count). The van der Waals surface area contributed by atoms with Gasteiger partial charge in [-0.25, -0.2) is 14.6 Å². The molecule has 0 atom stereocenters. The lowest BCUT2D eigenvalue weighted by molar-refractivity contribution is 0.0624. The number of aryl methyl sites for hydroxylation is 2. The highest BCUT2D eigenvalue weighted by Gasteiger charge is 2.25. The zero-order chi connectivity index (χ0) is 14.2. The molecule has 6 nitrogen and oxygen atoms in total. The maximum atomic E-state index is 10.9. The second kappa shape index (κ2) is 4.56. The van der Waals surface area contributed by atoms with Gasteiger partial charge >= 0.3 is 11.9 Å². The molecule has 0 aliphatic heterocycles. The van der Waals surface area contributed by atoms with Gasteiger partial charge in [-0.05, 0) is 25.5 Å². The smallest absolute Gasteiger partial charge is 0.374 e. The summed E-state index contributed by atoms with van der Waals surface area (Å²) >= 11 is 0. The van der Waals surface area contributed by atoms with Crippen molar-refractivity contribution < 1.29 is 24.2 Å². The van der Waals surface area contributed by atoms with E-state index in [1.807, 2.05) is 19.1 Å². The largest absolute Gasteiger partial charge is 0.476 e. The number of carboxylic acids is 2. The molecule has 98 valence electrons. The molecule has 0 unspecified atom stereocenters. The molecule has 0 amide bonds. The Balaban J connectivity index is 2.64. The number of oxazole rings is 1. The van der Waals surface area contributed by atoms with Crippen molar-refractivity contribution in [3.8, 4) is 11.5 Å². The van der Waals surface area contributed by atoms with E-state index < -0.39 is 23.4 Å². The predicted molar refractivity (Wildman–Crippen MR) is 65.3 cm³/mol. The lowest BCUT2D eigenvalue weighted by Gasteiger charge is -2.02. The maximum Gasteiger partial charge on any atom is 0.374 e. The Hall–Kier alpha value is -2.63. The summed E-state index contributed by atoms with van der Waals surface area (Å²) in [6.45, 7) is 3.67. The Morgan fingerprint density at radius 1 is 1.16 bits per heavy atom. The molecule has 1 aromatic carbocycles. The molecular weight excluding hydrogens is 250 g/mol. The van der Waals surface area contributed by atoms with Gasteiger partial charge in [0.2, 0.25) is 17.3 Å². The van der Waals surface area contributed by atoms with Gasteiger partial charge in [0, 0.05) is 5.56 Å². The van der Waals surface area contributed by atoms with Gasteiger partial charge in [-0.1, -0.05) is 17.7 Å². The van der Waals surface area contributed by atoms with Crippen LogP contribution in [0.2, 0.25) is 0 Å². The Labute approximate surface area is 108 Å². The zero-order valence-electron chi connectivity index (χ0n) is 10.3. The summed E-state index contributed by atoms with van der Waals surface area (Å²) in [7, 11) is 0. The van der Waals surface area contributed by atoms with E-state index in [1.165, 1.54) is 0 Å². The van der Waals surface area contributed by atoms with Gasteiger partial charge in [0.05, 0.1) is 0 Å². The third-order valence-corrected chi connectivity index (χ3v) is 2.65. The first-order valence-corrected chi connectivity index (χ1v) is 5.45. The fraction of sp³-hybridized carbons (Fsp3) is 0.154. The SMILES string of the molecule is Cc1ccc(C)c(-c2nc(C(=O)O)c(C(=O)O)o2)c1. The van der Waals surface area contributed by atoms with Crippen molar-refractivity contribution in [2.75, 3.05) is 0 Å². The van der Waals surface area contributed by atoms with Crippen LogP contribution in [0, 0.1) is 13.8 Å². The number of nitrogens with zero attached hydrogens (tertiary/aromatic N) is 1. The van der Waals surface area contributed by atoms with E-state index in [9.17, 15) is 9.59 Å². The van der Waals surface area contributed by atoms with E-state index in [2.05, 4.69) is 4.98 Å². The van der Waals surface area contributed by atoms with Crippen molar-refractivity contribution in [1.29, 1.82) is 0 Å². The first-order valence-electron chi connectivity index (χ1n) is 5.45. The molecule has 0 bridgehead atoms. The molecule has 1 aromatic heterocycles. The van der Waals surface area contributed by atoms with Crippen LogP contribution in [-0.2, 0) is 0 Å². The Morgan fingerprint density at radius 2 is 1.84 bits per heavy atom. The summed E-state index contributed by atoms with van der Waals surface area (Å²) in [5, 5.41) is 17.8. The van der Waals surface area contributed by atoms with Crippen LogP contribution in [0.15, 0.2) is 22.6 Å². The third kappa shape index (κ3) is 2.33. The molecule has 0 spiro atoms. The fourth-order valence-electron chi connectivity index (χ4n) is 1.69. The average molecular weight is 261 g/mol. The van der Waals surface area contributed by atoms with E-state index in [0.29, 0.717) is 5.56 Å². The van der Waals surface area contributed by atoms with E-state index in [-0.39, 0.29) is 5.89 Å². The standard InChI is InChI=1S/C13H11NO5/c1-6-3-4-7(2)8(5-6)11-14-9(12(15)16)10(19-11)13(17)18/h3-5H,1-2H3,(H,15,16)(H,17,18). The van der Waals surface area contributed by atoms with Crippen molar-refractivity contribution >= 4 is 11.9 Å². The molecule has 2 N–H and O–H groups in total. The number of aromatic carboxylic acids is 2. The van der Waals surface area contributed by atoms with Gasteiger partial charge in [0.25, 0.3) is 0 Å². The molecule has 0 radical (unpaired) electrons. The maximum absolute atomic E-state index is 10.9. The quantitative estimate of drug-likeness (QED) is 0.879. The van der Waals surface area contributed by atoms with Crippen molar-refractivity contribution in [2.45, 2.75) is 13.8 Å². The highest BCUT2D eigenvalue weighted by atomic mass is 16.4. The highest BCUT2D eigenvalue weighted by molar-refractivity contribution is 5.98. The zero-order valence-corrected chi connectivity index (χ0v) is 10.3. The lowest BCUT2D eigenvalue weighted by Crippen LogP contribution is -2.05. The number of aromatic nitrogens is 1. The molecule has 0 aliphatic rings. The van der Waals surface area contributed by atoms with Crippen LogP contribution in [0.5, 0.6) is 0 Å². The molecule has 0 aliphatic carbocycles. The van der Waals surface area contributed by atoms with Crippen LogP contribution in [0.25, 0.3) is 11.5 Å². The van der Waals surface area contributed by atoms with Crippen molar-refractivity contribution in [1.82, 2.24) is 4.98 Å². The number of rotatable bonds is 3. The monoisotopic (exact) mass is 261 g/mol. The summed E-state index contributed by atoms with van der Waals surface area (Å²) in [5.41, 5.74) is 1.74. The van der Waals surface area contributed by atoms with Crippen molar-refractivity contribution in [3.63, 3.8) is 0 Å². The van der Waals surface area contributed by atoms with Crippen LogP contribution >= 0.6 is 0 Å². The fourth-order valence-corrected chi connectivity index (χ4v) is 1.69. The number of hydrogen-bond acceptors (Lipinski definition) is 4. The average Bonchev–Trinajstić information content (AvgIpc) is 2.77. The molecule has 19 heavy (non-hydrogen) atoms. The van der Waals surface area contributed by atoms with Gasteiger partial charge in [-0.15, -0.1) is 0 Å². The minimum Gasteiger partial charge on any atom is -0.476 e. The molecule has 0 saturated heterocycles. The number of benzene rings is 1. The summed E-state index contributed by atoms with van der Waals surface area (Å²) in [6, 6.07) is 5.48. The van der Waals surface area contributed by atoms with Gasteiger partial charge in [-0.2, -0.15) is 0 Å². The first kappa shape index (κ1) is 12.8. The van der Waals surface area contributed by atoms with Gasteiger partial charge in [0.15, 0.2) is 0 Å². The molecular formula is C13H11NO5. The van der Waals surface area contributed by atoms with E-state index in [1.54, 1.807) is 13.0 Å².